The molecule has 5 aliphatic rings. The maximum atomic E-state index is 14.6. The molecule has 0 aromatic carbocycles. The highest BCUT2D eigenvalue weighted by Crippen LogP contribution is 2.47. The van der Waals surface area contributed by atoms with Gasteiger partial charge in [-0.3, -0.25) is 19.3 Å². The molecule has 0 bridgehead atoms. The number of ether oxygens (including phenoxy) is 1. The van der Waals surface area contributed by atoms with Crippen LogP contribution < -0.4 is 10.6 Å². The van der Waals surface area contributed by atoms with E-state index in [1.165, 1.54) is 4.90 Å². The Balaban J connectivity index is 1.36. The predicted octanol–water partition coefficient (Wildman–Crippen LogP) is 2.03. The number of hydrogen-bond donors (Lipinski definition) is 2. The topological polar surface area (TPSA) is 115 Å². The molecule has 2 saturated carbocycles. The average Bonchev–Trinajstić information content (AvgIpc) is 3.32. The number of nitriles is 1. The molecule has 8 unspecified atom stereocenters. The van der Waals surface area contributed by atoms with Crippen molar-refractivity contribution in [1.82, 2.24) is 20.4 Å². The van der Waals surface area contributed by atoms with Crippen molar-refractivity contribution in [3.63, 3.8) is 0 Å². The first-order chi connectivity index (χ1) is 19.9. The summed E-state index contributed by atoms with van der Waals surface area (Å²) in [6.07, 6.45) is -7.31. The van der Waals surface area contributed by atoms with Crippen molar-refractivity contribution in [3.05, 3.63) is 11.6 Å². The number of likely N-dealkylation sites (tertiary alicyclic amines) is 1. The highest BCUT2D eigenvalue weighted by Gasteiger charge is 2.57. The van der Waals surface area contributed by atoms with Crippen molar-refractivity contribution < 1.29 is 41.1 Å². The summed E-state index contributed by atoms with van der Waals surface area (Å²) in [5.41, 5.74) is 0.0347. The van der Waals surface area contributed by atoms with E-state index >= 15 is 0 Å². The molecule has 0 radical (unpaired) electrons. The normalized spacial score (nSPS) is 39.5. The minimum absolute atomic E-state index is 0.00914. The third-order valence-electron chi connectivity index (χ3n) is 9.62. The van der Waals surface area contributed by atoms with Gasteiger partial charge in [0, 0.05) is 61.2 Å². The van der Waals surface area contributed by atoms with Gasteiger partial charge in [0.25, 0.3) is 0 Å². The molecule has 2 N–H and O–H groups in total. The molecule has 2 saturated heterocycles. The van der Waals surface area contributed by atoms with E-state index in [1.54, 1.807) is 11.8 Å². The molecular formula is C28H36F5N5O4. The number of carbonyl (C=O) groups is 3. The van der Waals surface area contributed by atoms with E-state index in [-0.39, 0.29) is 57.7 Å². The van der Waals surface area contributed by atoms with E-state index < -0.39 is 90.5 Å². The van der Waals surface area contributed by atoms with Gasteiger partial charge in [0.1, 0.15) is 6.17 Å². The average molecular weight is 602 g/mol. The smallest absolute Gasteiger partial charge is 0.378 e. The monoisotopic (exact) mass is 601 g/mol. The van der Waals surface area contributed by atoms with Crippen LogP contribution in [0.2, 0.25) is 0 Å². The Morgan fingerprint density at radius 1 is 1.14 bits per heavy atom. The Hall–Kier alpha value is -2.79. The third kappa shape index (κ3) is 6.00. The van der Waals surface area contributed by atoms with Crippen molar-refractivity contribution in [3.8, 4) is 6.07 Å². The number of morpholine rings is 1. The summed E-state index contributed by atoms with van der Waals surface area (Å²) in [6, 6.07) is -1.46. The van der Waals surface area contributed by atoms with Crippen molar-refractivity contribution in [2.24, 2.45) is 23.7 Å². The number of carbonyl (C=O) groups excluding carboxylic acids is 3. The van der Waals surface area contributed by atoms with Crippen LogP contribution >= 0.6 is 0 Å². The quantitative estimate of drug-likeness (QED) is 0.477. The maximum absolute atomic E-state index is 14.6. The summed E-state index contributed by atoms with van der Waals surface area (Å²) in [5.74, 6) is -6.38. The lowest BCUT2D eigenvalue weighted by atomic mass is 9.70. The van der Waals surface area contributed by atoms with E-state index in [2.05, 4.69) is 10.6 Å². The molecule has 0 aromatic heterocycles. The molecule has 3 amide bonds. The molecule has 10 atom stereocenters. The molecular weight excluding hydrogens is 565 g/mol. The van der Waals surface area contributed by atoms with Crippen LogP contribution in [0.15, 0.2) is 11.6 Å². The number of fused-ring (bicyclic) bond motifs is 1. The first-order valence-electron chi connectivity index (χ1n) is 14.6. The van der Waals surface area contributed by atoms with E-state index in [1.807, 2.05) is 6.07 Å². The number of hydrogen-bond acceptors (Lipinski definition) is 6. The SMILES string of the molecule is C[C@@H]1C[C@@H](NC(=O)C2=CC(=O)NC3C2CCC(F)C3F)CN1C1C(C(=O)N2CCOCC2)CC(C#N)CC1C(F)(F)F. The van der Waals surface area contributed by atoms with Crippen molar-refractivity contribution in [2.45, 2.75) is 81.7 Å². The Bertz CT molecular complexity index is 1140. The lowest BCUT2D eigenvalue weighted by Gasteiger charge is -2.47. The highest BCUT2D eigenvalue weighted by atomic mass is 19.4. The largest absolute Gasteiger partial charge is 0.393 e. The molecule has 0 aromatic rings. The minimum atomic E-state index is -4.65. The number of halogens is 5. The summed E-state index contributed by atoms with van der Waals surface area (Å²) >= 11 is 0. The number of alkyl halides is 5. The fraction of sp³-hybridized carbons (Fsp3) is 0.786. The maximum Gasteiger partial charge on any atom is 0.393 e. The van der Waals surface area contributed by atoms with Crippen LogP contribution in [0.3, 0.4) is 0 Å². The van der Waals surface area contributed by atoms with Crippen LogP contribution in [-0.2, 0) is 19.1 Å². The Morgan fingerprint density at radius 2 is 1.86 bits per heavy atom. The van der Waals surface area contributed by atoms with Gasteiger partial charge >= 0.3 is 6.18 Å². The second-order valence-corrected chi connectivity index (χ2v) is 12.2. The fourth-order valence-corrected chi connectivity index (χ4v) is 7.62. The zero-order valence-corrected chi connectivity index (χ0v) is 23.3. The van der Waals surface area contributed by atoms with Crippen molar-refractivity contribution >= 4 is 17.7 Å². The summed E-state index contributed by atoms with van der Waals surface area (Å²) < 4.78 is 77.4. The Labute approximate surface area is 240 Å². The molecule has 4 fully saturated rings. The van der Waals surface area contributed by atoms with Crippen LogP contribution in [0.1, 0.15) is 39.0 Å². The lowest BCUT2D eigenvalue weighted by Crippen LogP contribution is -2.59. The van der Waals surface area contributed by atoms with E-state index in [9.17, 15) is 41.6 Å². The molecule has 9 nitrogen and oxygen atoms in total. The van der Waals surface area contributed by atoms with Gasteiger partial charge in [-0.05, 0) is 39.0 Å². The molecule has 5 rings (SSSR count). The number of amides is 3. The zero-order chi connectivity index (χ0) is 30.3. The van der Waals surface area contributed by atoms with Crippen LogP contribution in [0, 0.1) is 35.0 Å². The van der Waals surface area contributed by atoms with Crippen molar-refractivity contribution in [2.75, 3.05) is 32.8 Å². The van der Waals surface area contributed by atoms with Gasteiger partial charge in [-0.2, -0.15) is 18.4 Å². The second-order valence-electron chi connectivity index (χ2n) is 12.2. The van der Waals surface area contributed by atoms with Gasteiger partial charge in [0.2, 0.25) is 17.7 Å². The summed E-state index contributed by atoms with van der Waals surface area (Å²) in [7, 11) is 0. The van der Waals surface area contributed by atoms with E-state index in [4.69, 9.17) is 4.74 Å². The van der Waals surface area contributed by atoms with E-state index in [0.29, 0.717) is 6.42 Å². The van der Waals surface area contributed by atoms with Crippen LogP contribution in [0.4, 0.5) is 22.0 Å². The molecule has 3 heterocycles. The number of nitrogens with one attached hydrogen (secondary N) is 2. The minimum Gasteiger partial charge on any atom is -0.378 e. The third-order valence-corrected chi connectivity index (χ3v) is 9.62. The molecule has 0 spiro atoms. The van der Waals surface area contributed by atoms with Gasteiger partial charge in [0.05, 0.1) is 37.2 Å². The summed E-state index contributed by atoms with van der Waals surface area (Å²) in [4.78, 5) is 42.3. The molecule has 42 heavy (non-hydrogen) atoms. The molecule has 2 aliphatic carbocycles. The van der Waals surface area contributed by atoms with Gasteiger partial charge < -0.3 is 20.3 Å². The van der Waals surface area contributed by atoms with Crippen molar-refractivity contribution in [1.29, 1.82) is 5.26 Å². The second kappa shape index (κ2) is 12.1. The number of rotatable bonds is 4. The van der Waals surface area contributed by atoms with Gasteiger partial charge in [0.15, 0.2) is 6.17 Å². The van der Waals surface area contributed by atoms with Crippen LogP contribution in [-0.4, -0.2) is 103 Å². The molecule has 14 heteroatoms. The molecule has 232 valence electrons. The van der Waals surface area contributed by atoms with Crippen LogP contribution in [0.5, 0.6) is 0 Å². The highest BCUT2D eigenvalue weighted by molar-refractivity contribution is 6.03. The lowest BCUT2D eigenvalue weighted by molar-refractivity contribution is -0.211. The standard InChI is InChI=1S/C28H36F5N5O4/c1-14-8-16(35-26(40)18-11-22(39)36-24-17(18)2-3-21(29)23(24)30)13-38(14)25-19(27(41)37-4-6-42-7-5-37)9-15(12-34)10-20(25)28(31,32)33/h11,14-17,19-21,23-25H,2-10,13H2,1H3,(H,35,40)(H,36,39)/t14-,15?,16-,17?,19?,20?,21?,23?,24?,25?/m1/s1. The fourth-order valence-electron chi connectivity index (χ4n) is 7.62. The Morgan fingerprint density at radius 3 is 2.52 bits per heavy atom. The van der Waals surface area contributed by atoms with Gasteiger partial charge in [-0.25, -0.2) is 8.78 Å². The zero-order valence-electron chi connectivity index (χ0n) is 23.3. The number of nitrogens with zero attached hydrogens (tertiary/aromatic N) is 3. The predicted molar refractivity (Wildman–Crippen MR) is 138 cm³/mol. The van der Waals surface area contributed by atoms with E-state index in [0.717, 1.165) is 6.08 Å². The van der Waals surface area contributed by atoms with Gasteiger partial charge in [-0.15, -0.1) is 0 Å². The first kappa shape index (κ1) is 30.7. The first-order valence-corrected chi connectivity index (χ1v) is 14.6. The Kier molecular flexibility index (Phi) is 8.81. The van der Waals surface area contributed by atoms with Crippen LogP contribution in [0.25, 0.3) is 0 Å². The summed E-state index contributed by atoms with van der Waals surface area (Å²) in [5, 5.41) is 14.8. The summed E-state index contributed by atoms with van der Waals surface area (Å²) in [6.45, 7) is 2.86. The van der Waals surface area contributed by atoms with Gasteiger partial charge in [-0.1, -0.05) is 0 Å². The molecule has 3 aliphatic heterocycles.